The first-order valence-corrected chi connectivity index (χ1v) is 9.03. The molecule has 3 aromatic rings. The number of carbonyl (C=O) groups is 2. The van der Waals surface area contributed by atoms with Crippen molar-refractivity contribution in [1.29, 1.82) is 0 Å². The molecule has 2 N–H and O–H groups in total. The van der Waals surface area contributed by atoms with Gasteiger partial charge in [-0.15, -0.1) is 11.3 Å². The molecule has 0 aliphatic rings. The Balaban J connectivity index is 1.87. The predicted octanol–water partition coefficient (Wildman–Crippen LogP) is 4.99. The molecule has 0 saturated heterocycles. The number of carboxylic acids is 1. The van der Waals surface area contributed by atoms with Gasteiger partial charge in [-0.2, -0.15) is 0 Å². The molecule has 0 unspecified atom stereocenters. The van der Waals surface area contributed by atoms with Crippen molar-refractivity contribution in [1.82, 2.24) is 4.98 Å². The summed E-state index contributed by atoms with van der Waals surface area (Å²) < 4.78 is 0.446. The Hall–Kier alpha value is -2.41. The number of rotatable bonds is 6. The molecular formula is C18H12Cl2N2O3S. The SMILES string of the molecule is O=C(O)c1ccccc1C(=O)c1ccc(Cl)c(NCc2cnc(Cl)s2)c1. The van der Waals surface area contributed by atoms with Gasteiger partial charge in [-0.05, 0) is 24.3 Å². The largest absolute Gasteiger partial charge is 0.478 e. The second-order valence-electron chi connectivity index (χ2n) is 5.31. The molecule has 0 amide bonds. The minimum Gasteiger partial charge on any atom is -0.478 e. The number of aromatic nitrogens is 1. The van der Waals surface area contributed by atoms with Crippen LogP contribution in [0.2, 0.25) is 9.49 Å². The Morgan fingerprint density at radius 2 is 1.85 bits per heavy atom. The van der Waals surface area contributed by atoms with Crippen molar-refractivity contribution in [3.63, 3.8) is 0 Å². The van der Waals surface area contributed by atoms with Gasteiger partial charge in [0, 0.05) is 22.2 Å². The molecule has 5 nitrogen and oxygen atoms in total. The fraction of sp³-hybridized carbons (Fsp3) is 0.0556. The third-order valence-electron chi connectivity index (χ3n) is 3.61. The predicted molar refractivity (Wildman–Crippen MR) is 103 cm³/mol. The fourth-order valence-corrected chi connectivity index (χ4v) is 3.47. The number of carboxylic acid groups (broad SMARTS) is 1. The van der Waals surface area contributed by atoms with Crippen LogP contribution >= 0.6 is 34.5 Å². The Labute approximate surface area is 163 Å². The summed E-state index contributed by atoms with van der Waals surface area (Å²) in [5.41, 5.74) is 0.992. The van der Waals surface area contributed by atoms with Gasteiger partial charge in [0.2, 0.25) is 0 Å². The van der Waals surface area contributed by atoms with Gasteiger partial charge in [0.1, 0.15) is 0 Å². The lowest BCUT2D eigenvalue weighted by molar-refractivity contribution is 0.0693. The third kappa shape index (κ3) is 4.04. The second kappa shape index (κ2) is 7.86. The average molecular weight is 407 g/mol. The highest BCUT2D eigenvalue weighted by Crippen LogP contribution is 2.27. The summed E-state index contributed by atoms with van der Waals surface area (Å²) in [6.07, 6.45) is 1.66. The van der Waals surface area contributed by atoms with Crippen LogP contribution in [-0.4, -0.2) is 21.8 Å². The summed E-state index contributed by atoms with van der Waals surface area (Å²) in [5, 5.41) is 12.9. The third-order valence-corrected chi connectivity index (χ3v) is 5.05. The zero-order valence-corrected chi connectivity index (χ0v) is 15.5. The fourth-order valence-electron chi connectivity index (χ4n) is 2.37. The molecule has 132 valence electrons. The van der Waals surface area contributed by atoms with Crippen LogP contribution in [0, 0.1) is 0 Å². The van der Waals surface area contributed by atoms with Crippen molar-refractivity contribution < 1.29 is 14.7 Å². The molecule has 0 bridgehead atoms. The van der Waals surface area contributed by atoms with Crippen LogP contribution < -0.4 is 5.32 Å². The lowest BCUT2D eigenvalue weighted by atomic mass is 9.98. The molecule has 0 fully saturated rings. The van der Waals surface area contributed by atoms with E-state index in [0.717, 1.165) is 4.88 Å². The number of nitrogens with zero attached hydrogens (tertiary/aromatic N) is 1. The minimum atomic E-state index is -1.15. The van der Waals surface area contributed by atoms with E-state index >= 15 is 0 Å². The maximum atomic E-state index is 12.8. The lowest BCUT2D eigenvalue weighted by Gasteiger charge is -2.10. The molecule has 0 spiro atoms. The van der Waals surface area contributed by atoms with E-state index in [0.29, 0.717) is 27.3 Å². The van der Waals surface area contributed by atoms with Crippen LogP contribution in [0.15, 0.2) is 48.7 Å². The van der Waals surface area contributed by atoms with E-state index in [1.165, 1.54) is 23.5 Å². The monoisotopic (exact) mass is 406 g/mol. The van der Waals surface area contributed by atoms with E-state index in [-0.39, 0.29) is 16.9 Å². The van der Waals surface area contributed by atoms with Crippen LogP contribution in [0.3, 0.4) is 0 Å². The highest BCUT2D eigenvalue weighted by molar-refractivity contribution is 7.15. The second-order valence-corrected chi connectivity index (χ2v) is 7.41. The number of benzene rings is 2. The van der Waals surface area contributed by atoms with E-state index < -0.39 is 5.97 Å². The molecule has 0 atom stereocenters. The van der Waals surface area contributed by atoms with Crippen molar-refractivity contribution >= 4 is 52.0 Å². The first-order chi connectivity index (χ1) is 12.5. The maximum Gasteiger partial charge on any atom is 0.336 e. The van der Waals surface area contributed by atoms with Gasteiger partial charge in [0.15, 0.2) is 10.3 Å². The normalized spacial score (nSPS) is 10.5. The summed E-state index contributed by atoms with van der Waals surface area (Å²) in [7, 11) is 0. The molecule has 26 heavy (non-hydrogen) atoms. The van der Waals surface area contributed by atoms with E-state index in [4.69, 9.17) is 23.2 Å². The molecule has 0 aliphatic carbocycles. The zero-order valence-electron chi connectivity index (χ0n) is 13.2. The number of nitrogens with one attached hydrogen (secondary N) is 1. The molecule has 3 rings (SSSR count). The smallest absolute Gasteiger partial charge is 0.336 e. The van der Waals surface area contributed by atoms with Crippen LogP contribution in [0.5, 0.6) is 0 Å². The van der Waals surface area contributed by atoms with Gasteiger partial charge < -0.3 is 10.4 Å². The lowest BCUT2D eigenvalue weighted by Crippen LogP contribution is -2.10. The molecule has 1 aromatic heterocycles. The van der Waals surface area contributed by atoms with Crippen LogP contribution in [0.4, 0.5) is 5.69 Å². The van der Waals surface area contributed by atoms with Gasteiger partial charge in [-0.1, -0.05) is 41.4 Å². The number of halogens is 2. The van der Waals surface area contributed by atoms with Gasteiger partial charge in [0.05, 0.1) is 22.8 Å². The van der Waals surface area contributed by atoms with E-state index in [1.807, 2.05) is 0 Å². The van der Waals surface area contributed by atoms with Crippen LogP contribution in [-0.2, 0) is 6.54 Å². The van der Waals surface area contributed by atoms with Crippen LogP contribution in [0.25, 0.3) is 0 Å². The molecule has 2 aromatic carbocycles. The van der Waals surface area contributed by atoms with E-state index in [9.17, 15) is 14.7 Å². The Kier molecular flexibility index (Phi) is 5.56. The maximum absolute atomic E-state index is 12.8. The molecule has 0 aliphatic heterocycles. The summed E-state index contributed by atoms with van der Waals surface area (Å²) in [5.74, 6) is -1.54. The molecule has 1 heterocycles. The van der Waals surface area contributed by atoms with Gasteiger partial charge in [-0.3, -0.25) is 4.79 Å². The number of hydrogen-bond acceptors (Lipinski definition) is 5. The van der Waals surface area contributed by atoms with Crippen molar-refractivity contribution in [2.75, 3.05) is 5.32 Å². The molecule has 0 radical (unpaired) electrons. The standard InChI is InChI=1S/C18H12Cl2N2O3S/c19-14-6-5-10(7-15(14)21-8-11-9-22-18(20)26-11)16(23)12-3-1-2-4-13(12)17(24)25/h1-7,9,21H,8H2,(H,24,25). The number of ketones is 1. The van der Waals surface area contributed by atoms with Crippen molar-refractivity contribution in [2.45, 2.75) is 6.54 Å². The summed E-state index contributed by atoms with van der Waals surface area (Å²) in [6, 6.07) is 10.9. The van der Waals surface area contributed by atoms with Crippen molar-refractivity contribution in [3.8, 4) is 0 Å². The van der Waals surface area contributed by atoms with Crippen LogP contribution in [0.1, 0.15) is 31.2 Å². The Morgan fingerprint density at radius 3 is 2.50 bits per heavy atom. The number of aromatic carboxylic acids is 1. The van der Waals surface area contributed by atoms with Crippen molar-refractivity contribution in [3.05, 3.63) is 79.7 Å². The topological polar surface area (TPSA) is 79.3 Å². The number of thiazole rings is 1. The van der Waals surface area contributed by atoms with E-state index in [1.54, 1.807) is 36.5 Å². The molecular weight excluding hydrogens is 395 g/mol. The Bertz CT molecular complexity index is 988. The minimum absolute atomic E-state index is 0.0405. The van der Waals surface area contributed by atoms with Gasteiger partial charge >= 0.3 is 5.97 Å². The molecule has 8 heteroatoms. The van der Waals surface area contributed by atoms with Gasteiger partial charge in [0.25, 0.3) is 0 Å². The summed E-state index contributed by atoms with van der Waals surface area (Å²) >= 11 is 13.3. The van der Waals surface area contributed by atoms with Gasteiger partial charge in [-0.25, -0.2) is 9.78 Å². The van der Waals surface area contributed by atoms with Crippen molar-refractivity contribution in [2.24, 2.45) is 0 Å². The zero-order chi connectivity index (χ0) is 18.7. The summed E-state index contributed by atoms with van der Waals surface area (Å²) in [4.78, 5) is 29.0. The number of hydrogen-bond donors (Lipinski definition) is 2. The first kappa shape index (κ1) is 18.4. The highest BCUT2D eigenvalue weighted by Gasteiger charge is 2.18. The quantitative estimate of drug-likeness (QED) is 0.563. The number of carbonyl (C=O) groups excluding carboxylic acids is 1. The Morgan fingerprint density at radius 1 is 1.12 bits per heavy atom. The number of anilines is 1. The summed E-state index contributed by atoms with van der Waals surface area (Å²) in [6.45, 7) is 0.452. The van der Waals surface area contributed by atoms with E-state index in [2.05, 4.69) is 10.3 Å². The average Bonchev–Trinajstić information content (AvgIpc) is 3.05. The molecule has 0 saturated carbocycles. The highest BCUT2D eigenvalue weighted by atomic mass is 35.5. The first-order valence-electron chi connectivity index (χ1n) is 7.46.